The third-order valence-electron chi connectivity index (χ3n) is 3.65. The lowest BCUT2D eigenvalue weighted by Gasteiger charge is -2.14. The third kappa shape index (κ3) is 3.31. The quantitative estimate of drug-likeness (QED) is 0.510. The van der Waals surface area contributed by atoms with Crippen LogP contribution in [0, 0.1) is 28.7 Å². The maximum absolute atomic E-state index is 14.2. The first-order valence-corrected chi connectivity index (χ1v) is 7.73. The number of anilines is 2. The lowest BCUT2D eigenvalue weighted by molar-refractivity contribution is -0.384. The van der Waals surface area contributed by atoms with Crippen LogP contribution >= 0.6 is 11.6 Å². The van der Waals surface area contributed by atoms with Crippen LogP contribution in [0.1, 0.15) is 5.69 Å². The van der Waals surface area contributed by atoms with Crippen LogP contribution in [0.25, 0.3) is 11.1 Å². The smallest absolute Gasteiger partial charge is 0.298 e. The van der Waals surface area contributed by atoms with Crippen LogP contribution in [0.3, 0.4) is 0 Å². The van der Waals surface area contributed by atoms with Crippen molar-refractivity contribution in [3.8, 4) is 11.1 Å². The molecule has 0 bridgehead atoms. The molecule has 0 saturated carbocycles. The number of hydrogen-bond acceptors (Lipinski definition) is 5. The van der Waals surface area contributed by atoms with Gasteiger partial charge >= 0.3 is 0 Å². The molecule has 3 aromatic rings. The normalized spacial score (nSPS) is 10.6. The van der Waals surface area contributed by atoms with E-state index in [0.717, 1.165) is 0 Å². The molecule has 1 heterocycles. The average molecular weight is 377 g/mol. The summed E-state index contributed by atoms with van der Waals surface area (Å²) in [6, 6.07) is 8.05. The van der Waals surface area contributed by atoms with Crippen molar-refractivity contribution in [1.29, 1.82) is 0 Å². The Balaban J connectivity index is 2.18. The Labute approximate surface area is 151 Å². The number of hydrogen-bond donors (Lipinski definition) is 1. The lowest BCUT2D eigenvalue weighted by Crippen LogP contribution is -2.05. The first-order chi connectivity index (χ1) is 12.4. The molecule has 0 spiro atoms. The number of halogens is 3. The third-order valence-corrected chi connectivity index (χ3v) is 3.98. The van der Waals surface area contributed by atoms with E-state index in [4.69, 9.17) is 11.6 Å². The van der Waals surface area contributed by atoms with Crippen LogP contribution < -0.4 is 5.32 Å². The number of aryl methyl sites for hydroxylation is 1. The molecule has 9 heteroatoms. The number of benzene rings is 2. The molecule has 0 aliphatic rings. The fraction of sp³-hybridized carbons (Fsp3) is 0.0588. The molecule has 0 atom stereocenters. The van der Waals surface area contributed by atoms with Crippen LogP contribution in [0.4, 0.5) is 26.0 Å². The molecule has 2 aromatic carbocycles. The summed E-state index contributed by atoms with van der Waals surface area (Å²) < 4.78 is 27.5. The fourth-order valence-corrected chi connectivity index (χ4v) is 2.73. The molecule has 0 aliphatic heterocycles. The van der Waals surface area contributed by atoms with E-state index in [2.05, 4.69) is 15.3 Å². The molecule has 0 amide bonds. The van der Waals surface area contributed by atoms with E-state index >= 15 is 0 Å². The average Bonchev–Trinajstić information content (AvgIpc) is 2.58. The fourth-order valence-electron chi connectivity index (χ4n) is 2.50. The van der Waals surface area contributed by atoms with Gasteiger partial charge in [-0.25, -0.2) is 18.7 Å². The van der Waals surface area contributed by atoms with E-state index in [0.29, 0.717) is 34.0 Å². The Hall–Kier alpha value is -3.13. The zero-order chi connectivity index (χ0) is 18.8. The van der Waals surface area contributed by atoms with Gasteiger partial charge in [-0.2, -0.15) is 0 Å². The highest BCUT2D eigenvalue weighted by atomic mass is 35.5. The molecule has 0 fully saturated rings. The Bertz CT molecular complexity index is 1010. The van der Waals surface area contributed by atoms with Crippen molar-refractivity contribution in [3.05, 3.63) is 75.2 Å². The second kappa shape index (κ2) is 7.01. The standard InChI is InChI=1S/C17H11ClF2N4O2/c1-9-15(11-4-2-3-5-12(11)18)17(22-8-21-9)23-16-13(20)6-10(19)7-14(16)24(25)26/h2-8H,1H3,(H,21,22,23). The van der Waals surface area contributed by atoms with E-state index in [1.54, 1.807) is 31.2 Å². The SMILES string of the molecule is Cc1ncnc(Nc2c(F)cc(F)cc2[N+](=O)[O-])c1-c1ccccc1Cl. The molecule has 0 aliphatic carbocycles. The van der Waals surface area contributed by atoms with E-state index in [1.807, 2.05) is 0 Å². The number of nitrogens with zero attached hydrogens (tertiary/aromatic N) is 3. The Morgan fingerprint density at radius 3 is 2.62 bits per heavy atom. The summed E-state index contributed by atoms with van der Waals surface area (Å²) >= 11 is 6.22. The second-order valence-electron chi connectivity index (χ2n) is 5.33. The van der Waals surface area contributed by atoms with Gasteiger partial charge in [0, 0.05) is 22.2 Å². The van der Waals surface area contributed by atoms with Crippen LogP contribution in [-0.4, -0.2) is 14.9 Å². The highest BCUT2D eigenvalue weighted by Gasteiger charge is 2.23. The summed E-state index contributed by atoms with van der Waals surface area (Å²) in [5, 5.41) is 14.2. The van der Waals surface area contributed by atoms with Crippen LogP contribution in [0.5, 0.6) is 0 Å². The van der Waals surface area contributed by atoms with E-state index in [1.165, 1.54) is 6.33 Å². The van der Waals surface area contributed by atoms with Crippen LogP contribution in [0.15, 0.2) is 42.7 Å². The van der Waals surface area contributed by atoms with Gasteiger partial charge in [-0.3, -0.25) is 10.1 Å². The topological polar surface area (TPSA) is 81.0 Å². The maximum atomic E-state index is 14.2. The molecule has 0 saturated heterocycles. The summed E-state index contributed by atoms with van der Waals surface area (Å²) in [4.78, 5) is 18.4. The molecule has 1 N–H and O–H groups in total. The molecule has 0 radical (unpaired) electrons. The number of nitro benzene ring substituents is 1. The van der Waals surface area contributed by atoms with Gasteiger partial charge in [0.2, 0.25) is 0 Å². The molecule has 6 nitrogen and oxygen atoms in total. The minimum atomic E-state index is -1.11. The Morgan fingerprint density at radius 1 is 1.19 bits per heavy atom. The minimum Gasteiger partial charge on any atom is -0.332 e. The van der Waals surface area contributed by atoms with Gasteiger partial charge in [0.05, 0.1) is 16.7 Å². The van der Waals surface area contributed by atoms with Gasteiger partial charge in [0.15, 0.2) is 11.5 Å². The summed E-state index contributed by atoms with van der Waals surface area (Å²) in [6.07, 6.45) is 1.23. The van der Waals surface area contributed by atoms with Crippen molar-refractivity contribution in [2.24, 2.45) is 0 Å². The summed E-state index contributed by atoms with van der Waals surface area (Å²) in [5.41, 5.74) is 0.309. The van der Waals surface area contributed by atoms with Crippen molar-refractivity contribution in [1.82, 2.24) is 9.97 Å². The lowest BCUT2D eigenvalue weighted by atomic mass is 10.0. The van der Waals surface area contributed by atoms with Crippen LogP contribution in [-0.2, 0) is 0 Å². The predicted molar refractivity (Wildman–Crippen MR) is 93.5 cm³/mol. The van der Waals surface area contributed by atoms with Gasteiger partial charge in [0.1, 0.15) is 18.0 Å². The largest absolute Gasteiger partial charge is 0.332 e. The van der Waals surface area contributed by atoms with Crippen molar-refractivity contribution in [2.45, 2.75) is 6.92 Å². The zero-order valence-corrected chi connectivity index (χ0v) is 14.1. The molecule has 0 unspecified atom stereocenters. The first-order valence-electron chi connectivity index (χ1n) is 7.35. The summed E-state index contributed by atoms with van der Waals surface area (Å²) in [6.45, 7) is 1.70. The van der Waals surface area contributed by atoms with Gasteiger partial charge in [0.25, 0.3) is 5.69 Å². The molecule has 3 rings (SSSR count). The van der Waals surface area contributed by atoms with Gasteiger partial charge in [-0.15, -0.1) is 0 Å². The molecule has 1 aromatic heterocycles. The number of aromatic nitrogens is 2. The second-order valence-corrected chi connectivity index (χ2v) is 5.73. The molecule has 26 heavy (non-hydrogen) atoms. The highest BCUT2D eigenvalue weighted by molar-refractivity contribution is 6.33. The highest BCUT2D eigenvalue weighted by Crippen LogP contribution is 2.37. The van der Waals surface area contributed by atoms with Gasteiger partial charge in [-0.05, 0) is 13.0 Å². The summed E-state index contributed by atoms with van der Waals surface area (Å²) in [7, 11) is 0. The monoisotopic (exact) mass is 376 g/mol. The number of rotatable bonds is 4. The van der Waals surface area contributed by atoms with E-state index in [9.17, 15) is 18.9 Å². The summed E-state index contributed by atoms with van der Waals surface area (Å²) in [5.74, 6) is -2.05. The number of nitro groups is 1. The molecular weight excluding hydrogens is 366 g/mol. The van der Waals surface area contributed by atoms with Gasteiger partial charge < -0.3 is 5.32 Å². The molecule has 132 valence electrons. The number of nitrogens with one attached hydrogen (secondary N) is 1. The van der Waals surface area contributed by atoms with Crippen molar-refractivity contribution < 1.29 is 13.7 Å². The minimum absolute atomic E-state index is 0.110. The Kier molecular flexibility index (Phi) is 4.77. The molecular formula is C17H11ClF2N4O2. The van der Waals surface area contributed by atoms with E-state index < -0.39 is 27.9 Å². The predicted octanol–water partition coefficient (Wildman–Crippen LogP) is 5.04. The zero-order valence-electron chi connectivity index (χ0n) is 13.3. The Morgan fingerprint density at radius 2 is 1.92 bits per heavy atom. The van der Waals surface area contributed by atoms with E-state index in [-0.39, 0.29) is 5.82 Å². The maximum Gasteiger partial charge on any atom is 0.298 e. The van der Waals surface area contributed by atoms with Crippen molar-refractivity contribution >= 4 is 28.8 Å². The van der Waals surface area contributed by atoms with Gasteiger partial charge in [-0.1, -0.05) is 29.8 Å². The van der Waals surface area contributed by atoms with Crippen LogP contribution in [0.2, 0.25) is 5.02 Å². The van der Waals surface area contributed by atoms with Crippen molar-refractivity contribution in [3.63, 3.8) is 0 Å². The van der Waals surface area contributed by atoms with Crippen molar-refractivity contribution in [2.75, 3.05) is 5.32 Å². The first kappa shape index (κ1) is 17.7.